The van der Waals surface area contributed by atoms with Gasteiger partial charge in [-0.25, -0.2) is 0 Å². The highest BCUT2D eigenvalue weighted by atomic mass is 79.9. The van der Waals surface area contributed by atoms with Crippen molar-refractivity contribution in [1.29, 1.82) is 0 Å². The van der Waals surface area contributed by atoms with E-state index in [1.54, 1.807) is 68.1 Å². The number of nitro groups is 1. The Morgan fingerprint density at radius 1 is 1.00 bits per heavy atom. The minimum atomic E-state index is -1.13. The maximum Gasteiger partial charge on any atom is 0.306 e. The average molecular weight is 691 g/mol. The smallest absolute Gasteiger partial charge is 0.306 e. The monoisotopic (exact) mass is 689 g/mol. The van der Waals surface area contributed by atoms with Crippen LogP contribution in [0.3, 0.4) is 0 Å². The van der Waals surface area contributed by atoms with Crippen LogP contribution in [0.5, 0.6) is 0 Å². The third-order valence-electron chi connectivity index (χ3n) is 6.76. The molecule has 0 radical (unpaired) electrons. The van der Waals surface area contributed by atoms with Crippen LogP contribution in [0.2, 0.25) is 10.0 Å². The van der Waals surface area contributed by atoms with E-state index < -0.39 is 28.4 Å². The molecule has 0 bridgehead atoms. The molecule has 0 saturated heterocycles. The summed E-state index contributed by atoms with van der Waals surface area (Å²) in [5, 5.41) is 12.5. The minimum Gasteiger partial charge on any atom is -0.460 e. The molecule has 4 rings (SSSR count). The molecule has 0 aromatic heterocycles. The van der Waals surface area contributed by atoms with E-state index in [4.69, 9.17) is 27.9 Å². The average Bonchev–Trinajstić information content (AvgIpc) is 3.00. The Morgan fingerprint density at radius 3 is 2.33 bits per heavy atom. The topological polar surface area (TPSA) is 110 Å². The third kappa shape index (κ3) is 7.93. The molecule has 1 aliphatic rings. The van der Waals surface area contributed by atoms with Crippen LogP contribution >= 0.6 is 39.1 Å². The van der Waals surface area contributed by atoms with Crippen molar-refractivity contribution in [2.75, 3.05) is 11.4 Å². The van der Waals surface area contributed by atoms with Crippen LogP contribution in [-0.2, 0) is 20.9 Å². The highest BCUT2D eigenvalue weighted by molar-refractivity contribution is 9.10. The number of fused-ring (bicyclic) bond motifs is 1. The molecule has 2 amide bonds. The van der Waals surface area contributed by atoms with Crippen LogP contribution in [-0.4, -0.2) is 39.8 Å². The van der Waals surface area contributed by atoms with E-state index in [-0.39, 0.29) is 47.3 Å². The van der Waals surface area contributed by atoms with Gasteiger partial charge in [-0.2, -0.15) is 0 Å². The summed E-state index contributed by atoms with van der Waals surface area (Å²) in [6.45, 7) is 5.39. The van der Waals surface area contributed by atoms with Gasteiger partial charge in [-0.05, 0) is 81.6 Å². The van der Waals surface area contributed by atoms with Gasteiger partial charge in [-0.1, -0.05) is 51.3 Å². The predicted octanol–water partition coefficient (Wildman–Crippen LogP) is 7.91. The fraction of sp³-hybridized carbons (Fsp3) is 0.323. The van der Waals surface area contributed by atoms with Crippen molar-refractivity contribution in [3.63, 3.8) is 0 Å². The normalized spacial score (nSPS) is 15.3. The summed E-state index contributed by atoms with van der Waals surface area (Å²) < 4.78 is 6.02. The molecule has 3 aromatic rings. The number of nitro benzene ring substituents is 1. The molecule has 12 heteroatoms. The molecule has 3 aromatic carbocycles. The molecule has 1 heterocycles. The lowest BCUT2D eigenvalue weighted by Gasteiger charge is -2.31. The molecule has 1 unspecified atom stereocenters. The van der Waals surface area contributed by atoms with Gasteiger partial charge >= 0.3 is 5.97 Å². The SMILES string of the molecule is CC(C)(C)OC(=O)CCCCN1C(=O)C(c2ccc(Cl)cc2)N(Cc2ccc(Cl)cc2[N+](=O)[O-])C(=O)c2cc(Br)ccc21. The Kier molecular flexibility index (Phi) is 10.1. The maximum absolute atomic E-state index is 14.5. The Balaban J connectivity index is 1.76. The van der Waals surface area contributed by atoms with Crippen LogP contribution in [0.25, 0.3) is 0 Å². The molecule has 0 aliphatic carbocycles. The van der Waals surface area contributed by atoms with E-state index >= 15 is 0 Å². The summed E-state index contributed by atoms with van der Waals surface area (Å²) in [7, 11) is 0. The molecule has 0 N–H and O–H groups in total. The van der Waals surface area contributed by atoms with Gasteiger partial charge in [0, 0.05) is 39.1 Å². The van der Waals surface area contributed by atoms with Crippen molar-refractivity contribution >= 4 is 68.3 Å². The molecule has 43 heavy (non-hydrogen) atoms. The molecule has 0 fully saturated rings. The fourth-order valence-electron chi connectivity index (χ4n) is 4.90. The van der Waals surface area contributed by atoms with Crippen LogP contribution < -0.4 is 4.90 Å². The number of carbonyl (C=O) groups is 3. The minimum absolute atomic E-state index is 0.176. The first-order valence-electron chi connectivity index (χ1n) is 13.6. The fourth-order valence-corrected chi connectivity index (χ4v) is 5.56. The van der Waals surface area contributed by atoms with Crippen molar-refractivity contribution in [1.82, 2.24) is 4.90 Å². The van der Waals surface area contributed by atoms with Crippen LogP contribution in [0.15, 0.2) is 65.1 Å². The lowest BCUT2D eigenvalue weighted by molar-refractivity contribution is -0.385. The van der Waals surface area contributed by atoms with E-state index in [1.165, 1.54) is 23.1 Å². The number of hydrogen-bond donors (Lipinski definition) is 0. The summed E-state index contributed by atoms with van der Waals surface area (Å²) in [4.78, 5) is 55.2. The van der Waals surface area contributed by atoms with Gasteiger partial charge in [-0.3, -0.25) is 24.5 Å². The van der Waals surface area contributed by atoms with Crippen LogP contribution in [0, 0.1) is 10.1 Å². The maximum atomic E-state index is 14.5. The second kappa shape index (κ2) is 13.4. The van der Waals surface area contributed by atoms with Crippen molar-refractivity contribution < 1.29 is 24.0 Å². The summed E-state index contributed by atoms with van der Waals surface area (Å²) in [6, 6.07) is 14.7. The second-order valence-electron chi connectivity index (χ2n) is 11.1. The number of amides is 2. The van der Waals surface area contributed by atoms with Gasteiger partial charge < -0.3 is 14.5 Å². The molecule has 1 aliphatic heterocycles. The van der Waals surface area contributed by atoms with Crippen molar-refractivity contribution in [2.45, 2.75) is 58.2 Å². The predicted molar refractivity (Wildman–Crippen MR) is 168 cm³/mol. The van der Waals surface area contributed by atoms with E-state index in [0.29, 0.717) is 33.6 Å². The molecule has 226 valence electrons. The molecule has 1 atom stereocenters. The van der Waals surface area contributed by atoms with Gasteiger partial charge in [0.05, 0.1) is 22.7 Å². The molecule has 9 nitrogen and oxygen atoms in total. The van der Waals surface area contributed by atoms with Crippen molar-refractivity contribution in [3.8, 4) is 0 Å². The van der Waals surface area contributed by atoms with E-state index in [2.05, 4.69) is 15.9 Å². The number of carbonyl (C=O) groups excluding carboxylic acids is 3. The zero-order chi connectivity index (χ0) is 31.5. The summed E-state index contributed by atoms with van der Waals surface area (Å²) in [5.41, 5.74) is 0.506. The highest BCUT2D eigenvalue weighted by Gasteiger charge is 2.41. The number of unbranched alkanes of at least 4 members (excludes halogenated alkanes) is 1. The Bertz CT molecular complexity index is 1560. The number of halogens is 3. The second-order valence-corrected chi connectivity index (χ2v) is 12.9. The lowest BCUT2D eigenvalue weighted by atomic mass is 10.0. The molecule has 0 saturated carbocycles. The number of benzene rings is 3. The van der Waals surface area contributed by atoms with Crippen LogP contribution in [0.4, 0.5) is 11.4 Å². The van der Waals surface area contributed by atoms with Gasteiger partial charge in [0.25, 0.3) is 17.5 Å². The number of anilines is 1. The Morgan fingerprint density at radius 2 is 1.67 bits per heavy atom. The first kappa shape index (κ1) is 32.4. The summed E-state index contributed by atoms with van der Waals surface area (Å²) in [6.07, 6.45) is 1.11. The summed E-state index contributed by atoms with van der Waals surface area (Å²) >= 11 is 15.6. The number of esters is 1. The number of hydrogen-bond acceptors (Lipinski definition) is 6. The number of rotatable bonds is 9. The number of ether oxygens (including phenoxy) is 1. The zero-order valence-electron chi connectivity index (χ0n) is 23.8. The van der Waals surface area contributed by atoms with Crippen molar-refractivity contribution in [3.05, 3.63) is 102 Å². The van der Waals surface area contributed by atoms with Gasteiger partial charge in [0.1, 0.15) is 11.6 Å². The molecular formula is C31H30BrCl2N3O6. The summed E-state index contributed by atoms with van der Waals surface area (Å²) in [5.74, 6) is -1.21. The zero-order valence-corrected chi connectivity index (χ0v) is 26.9. The largest absolute Gasteiger partial charge is 0.460 e. The van der Waals surface area contributed by atoms with Gasteiger partial charge in [0.15, 0.2) is 0 Å². The number of nitrogens with zero attached hydrogens (tertiary/aromatic N) is 3. The van der Waals surface area contributed by atoms with E-state index in [9.17, 15) is 24.5 Å². The highest BCUT2D eigenvalue weighted by Crippen LogP contribution is 2.38. The van der Waals surface area contributed by atoms with Crippen LogP contribution in [0.1, 0.15) is 67.6 Å². The Labute approximate surface area is 268 Å². The van der Waals surface area contributed by atoms with E-state index in [1.807, 2.05) is 0 Å². The van der Waals surface area contributed by atoms with Gasteiger partial charge in [-0.15, -0.1) is 0 Å². The van der Waals surface area contributed by atoms with Gasteiger partial charge in [0.2, 0.25) is 0 Å². The third-order valence-corrected chi connectivity index (χ3v) is 7.74. The quantitative estimate of drug-likeness (QED) is 0.0977. The standard InChI is InChI=1S/C31H30BrCl2N3O6/c1-31(2,3)43-27(38)6-4-5-15-35-25-14-10-21(32)16-24(25)29(39)36(18-20-9-13-23(34)17-26(20)37(41)42)28(30(35)40)19-7-11-22(33)12-8-19/h7-14,16-17,28H,4-6,15,18H2,1-3H3. The van der Waals surface area contributed by atoms with Crippen molar-refractivity contribution in [2.24, 2.45) is 0 Å². The first-order chi connectivity index (χ1) is 20.2. The Hall–Kier alpha value is -3.47. The molecule has 0 spiro atoms. The molecular weight excluding hydrogens is 661 g/mol. The lowest BCUT2D eigenvalue weighted by Crippen LogP contribution is -2.42. The van der Waals surface area contributed by atoms with E-state index in [0.717, 1.165) is 0 Å². The first-order valence-corrected chi connectivity index (χ1v) is 15.1.